The average Bonchev–Trinajstić information content (AvgIpc) is 2.35. The molecule has 2 aromatic heterocycles. The molecule has 0 aliphatic carbocycles. The zero-order chi connectivity index (χ0) is 7.84. The number of nitrogens with zero attached hydrogens (tertiary/aromatic N) is 2. The minimum Gasteiger partial charge on any atom is -0.302 e. The summed E-state index contributed by atoms with van der Waals surface area (Å²) in [6.07, 6.45) is 3.44. The second kappa shape index (κ2) is 2.05. The SMILES string of the molecule is Cc1cnc2c(F)cccn12. The fourth-order valence-electron chi connectivity index (χ4n) is 1.10. The zero-order valence-electron chi connectivity index (χ0n) is 6.08. The van der Waals surface area contributed by atoms with Gasteiger partial charge in [-0.2, -0.15) is 0 Å². The third kappa shape index (κ3) is 0.808. The minimum absolute atomic E-state index is 0.277. The van der Waals surface area contributed by atoms with Gasteiger partial charge in [-0.05, 0) is 19.1 Å². The van der Waals surface area contributed by atoms with Crippen molar-refractivity contribution in [2.75, 3.05) is 0 Å². The highest BCUT2D eigenvalue weighted by Crippen LogP contribution is 2.08. The van der Waals surface area contributed by atoms with Crippen molar-refractivity contribution in [3.05, 3.63) is 36.0 Å². The van der Waals surface area contributed by atoms with Crippen molar-refractivity contribution in [1.29, 1.82) is 0 Å². The summed E-state index contributed by atoms with van der Waals surface area (Å²) in [5.74, 6) is -0.277. The number of hydrogen-bond acceptors (Lipinski definition) is 1. The Labute approximate surface area is 63.3 Å². The quantitative estimate of drug-likeness (QED) is 0.559. The van der Waals surface area contributed by atoms with Gasteiger partial charge in [0.05, 0.1) is 0 Å². The molecule has 0 atom stereocenters. The first kappa shape index (κ1) is 6.34. The second-order valence-corrected chi connectivity index (χ2v) is 2.45. The van der Waals surface area contributed by atoms with Gasteiger partial charge < -0.3 is 4.40 Å². The van der Waals surface area contributed by atoms with Gasteiger partial charge in [0.25, 0.3) is 0 Å². The van der Waals surface area contributed by atoms with Crippen molar-refractivity contribution in [2.45, 2.75) is 6.92 Å². The van der Waals surface area contributed by atoms with Gasteiger partial charge in [-0.15, -0.1) is 0 Å². The third-order valence-electron chi connectivity index (χ3n) is 1.67. The molecule has 0 unspecified atom stereocenters. The molecule has 2 rings (SSSR count). The summed E-state index contributed by atoms with van der Waals surface area (Å²) in [7, 11) is 0. The Balaban J connectivity index is 2.94. The van der Waals surface area contributed by atoms with Crippen LogP contribution in [0.1, 0.15) is 5.69 Å². The van der Waals surface area contributed by atoms with Gasteiger partial charge in [0, 0.05) is 18.1 Å². The van der Waals surface area contributed by atoms with Crippen molar-refractivity contribution in [3.63, 3.8) is 0 Å². The van der Waals surface area contributed by atoms with Gasteiger partial charge in [-0.3, -0.25) is 0 Å². The highest BCUT2D eigenvalue weighted by atomic mass is 19.1. The molecule has 0 spiro atoms. The molecule has 3 heteroatoms. The number of rotatable bonds is 0. The molecule has 0 saturated carbocycles. The molecule has 0 radical (unpaired) electrons. The molecule has 0 aromatic carbocycles. The lowest BCUT2D eigenvalue weighted by atomic mass is 10.4. The molecule has 0 saturated heterocycles. The average molecular weight is 150 g/mol. The van der Waals surface area contributed by atoms with E-state index in [1.54, 1.807) is 22.9 Å². The maximum absolute atomic E-state index is 12.9. The molecular weight excluding hydrogens is 143 g/mol. The molecule has 0 N–H and O–H groups in total. The normalized spacial score (nSPS) is 10.7. The van der Waals surface area contributed by atoms with E-state index in [4.69, 9.17) is 0 Å². The Hall–Kier alpha value is -1.38. The van der Waals surface area contributed by atoms with Gasteiger partial charge in [0.1, 0.15) is 0 Å². The summed E-state index contributed by atoms with van der Waals surface area (Å²) in [5.41, 5.74) is 1.34. The molecule has 0 bridgehead atoms. The zero-order valence-corrected chi connectivity index (χ0v) is 6.08. The van der Waals surface area contributed by atoms with E-state index in [1.165, 1.54) is 6.07 Å². The molecule has 2 heterocycles. The van der Waals surface area contributed by atoms with Gasteiger partial charge in [-0.1, -0.05) is 0 Å². The van der Waals surface area contributed by atoms with Crippen LogP contribution in [0.25, 0.3) is 5.65 Å². The molecule has 2 aromatic rings. The number of imidazole rings is 1. The first-order valence-electron chi connectivity index (χ1n) is 3.37. The summed E-state index contributed by atoms with van der Waals surface area (Å²) in [6.45, 7) is 1.89. The Bertz CT molecular complexity index is 392. The predicted octanol–water partition coefficient (Wildman–Crippen LogP) is 1.78. The fourth-order valence-corrected chi connectivity index (χ4v) is 1.10. The van der Waals surface area contributed by atoms with Crippen LogP contribution >= 0.6 is 0 Å². The lowest BCUT2D eigenvalue weighted by Gasteiger charge is -1.94. The largest absolute Gasteiger partial charge is 0.302 e. The predicted molar refractivity (Wildman–Crippen MR) is 39.9 cm³/mol. The maximum atomic E-state index is 12.9. The number of aryl methyl sites for hydroxylation is 1. The van der Waals surface area contributed by atoms with E-state index < -0.39 is 0 Å². The monoisotopic (exact) mass is 150 g/mol. The summed E-state index contributed by atoms with van der Waals surface area (Å²) >= 11 is 0. The van der Waals surface area contributed by atoms with Crippen LogP contribution in [0.4, 0.5) is 4.39 Å². The molecule has 0 aliphatic heterocycles. The lowest BCUT2D eigenvalue weighted by Crippen LogP contribution is -1.88. The minimum atomic E-state index is -0.277. The van der Waals surface area contributed by atoms with Crippen LogP contribution in [0.5, 0.6) is 0 Å². The first-order valence-corrected chi connectivity index (χ1v) is 3.37. The number of halogens is 1. The smallest absolute Gasteiger partial charge is 0.173 e. The molecular formula is C8H7FN2. The van der Waals surface area contributed by atoms with Gasteiger partial charge >= 0.3 is 0 Å². The van der Waals surface area contributed by atoms with Crippen molar-refractivity contribution in [2.24, 2.45) is 0 Å². The molecule has 0 amide bonds. The van der Waals surface area contributed by atoms with Crippen molar-refractivity contribution in [1.82, 2.24) is 9.38 Å². The Morgan fingerprint density at radius 2 is 2.36 bits per heavy atom. The van der Waals surface area contributed by atoms with Crippen molar-refractivity contribution < 1.29 is 4.39 Å². The highest BCUT2D eigenvalue weighted by molar-refractivity contribution is 5.41. The topological polar surface area (TPSA) is 17.3 Å². The standard InChI is InChI=1S/C8H7FN2/c1-6-5-10-8-7(9)3-2-4-11(6)8/h2-5H,1H3. The molecule has 11 heavy (non-hydrogen) atoms. The summed E-state index contributed by atoms with van der Waals surface area (Å²) in [6, 6.07) is 3.07. The molecule has 0 aliphatic rings. The van der Waals surface area contributed by atoms with E-state index >= 15 is 0 Å². The van der Waals surface area contributed by atoms with Gasteiger partial charge in [0.15, 0.2) is 11.5 Å². The van der Waals surface area contributed by atoms with E-state index in [0.29, 0.717) is 5.65 Å². The van der Waals surface area contributed by atoms with Crippen LogP contribution in [0.3, 0.4) is 0 Å². The lowest BCUT2D eigenvalue weighted by molar-refractivity contribution is 0.629. The van der Waals surface area contributed by atoms with E-state index in [1.807, 2.05) is 6.92 Å². The number of fused-ring (bicyclic) bond motifs is 1. The molecule has 56 valence electrons. The van der Waals surface area contributed by atoms with E-state index in [-0.39, 0.29) is 5.82 Å². The second-order valence-electron chi connectivity index (χ2n) is 2.45. The Morgan fingerprint density at radius 3 is 3.09 bits per heavy atom. The van der Waals surface area contributed by atoms with Crippen LogP contribution in [0.15, 0.2) is 24.5 Å². The molecule has 2 nitrogen and oxygen atoms in total. The Kier molecular flexibility index (Phi) is 1.18. The van der Waals surface area contributed by atoms with E-state index in [0.717, 1.165) is 5.69 Å². The van der Waals surface area contributed by atoms with E-state index in [2.05, 4.69) is 4.98 Å². The number of aromatic nitrogens is 2. The summed E-state index contributed by atoms with van der Waals surface area (Å²) in [4.78, 5) is 3.91. The van der Waals surface area contributed by atoms with Gasteiger partial charge in [-0.25, -0.2) is 9.37 Å². The first-order chi connectivity index (χ1) is 5.29. The van der Waals surface area contributed by atoms with Crippen molar-refractivity contribution >= 4 is 5.65 Å². The van der Waals surface area contributed by atoms with Crippen molar-refractivity contribution in [3.8, 4) is 0 Å². The third-order valence-corrected chi connectivity index (χ3v) is 1.67. The van der Waals surface area contributed by atoms with Gasteiger partial charge in [0.2, 0.25) is 0 Å². The van der Waals surface area contributed by atoms with Crippen LogP contribution in [-0.4, -0.2) is 9.38 Å². The summed E-state index contributed by atoms with van der Waals surface area (Å²) in [5, 5.41) is 0. The maximum Gasteiger partial charge on any atom is 0.173 e. The van der Waals surface area contributed by atoms with Crippen LogP contribution < -0.4 is 0 Å². The molecule has 0 fully saturated rings. The fraction of sp³-hybridized carbons (Fsp3) is 0.125. The number of pyridine rings is 1. The van der Waals surface area contributed by atoms with Crippen LogP contribution in [0.2, 0.25) is 0 Å². The van der Waals surface area contributed by atoms with Crippen LogP contribution in [0, 0.1) is 12.7 Å². The number of hydrogen-bond donors (Lipinski definition) is 0. The highest BCUT2D eigenvalue weighted by Gasteiger charge is 2.01. The van der Waals surface area contributed by atoms with Crippen LogP contribution in [-0.2, 0) is 0 Å². The van der Waals surface area contributed by atoms with E-state index in [9.17, 15) is 4.39 Å². The Morgan fingerprint density at radius 1 is 1.55 bits per heavy atom. The summed E-state index contributed by atoms with van der Waals surface area (Å²) < 4.78 is 14.6.